The summed E-state index contributed by atoms with van der Waals surface area (Å²) in [4.78, 5) is 15.0. The maximum Gasteiger partial charge on any atom is 0.311 e. The van der Waals surface area contributed by atoms with Gasteiger partial charge in [0.05, 0.1) is 4.92 Å². The predicted molar refractivity (Wildman–Crippen MR) is 81.5 cm³/mol. The van der Waals surface area contributed by atoms with Gasteiger partial charge in [0.25, 0.3) is 0 Å². The highest BCUT2D eigenvalue weighted by molar-refractivity contribution is 5.57. The van der Waals surface area contributed by atoms with Crippen LogP contribution in [0.5, 0.6) is 0 Å². The number of rotatable bonds is 3. The molecule has 0 bridgehead atoms. The van der Waals surface area contributed by atoms with Crippen LogP contribution in [0.15, 0.2) is 36.5 Å². The molecule has 0 fully saturated rings. The molecule has 108 valence electrons. The number of pyridine rings is 1. The smallest absolute Gasteiger partial charge is 0.311 e. The quantitative estimate of drug-likeness (QED) is 0.693. The van der Waals surface area contributed by atoms with E-state index in [-0.39, 0.29) is 16.7 Å². The van der Waals surface area contributed by atoms with Crippen molar-refractivity contribution in [1.82, 2.24) is 4.98 Å². The van der Waals surface area contributed by atoms with E-state index in [1.165, 1.54) is 11.1 Å². The number of fused-ring (bicyclic) bond motifs is 1. The van der Waals surface area contributed by atoms with Crippen LogP contribution in [0.25, 0.3) is 0 Å². The van der Waals surface area contributed by atoms with E-state index >= 15 is 0 Å². The Hall–Kier alpha value is -2.43. The zero-order valence-electron chi connectivity index (χ0n) is 11.9. The molecule has 1 aromatic carbocycles. The zero-order chi connectivity index (χ0) is 14.8. The summed E-state index contributed by atoms with van der Waals surface area (Å²) in [5.74, 6) is 0.370. The number of nitro groups is 1. The molecule has 3 rings (SSSR count). The average molecular weight is 283 g/mol. The largest absolute Gasteiger partial charge is 0.361 e. The molecule has 0 amide bonds. The number of aryl methyl sites for hydroxylation is 2. The number of benzene rings is 1. The van der Waals surface area contributed by atoms with E-state index in [2.05, 4.69) is 28.5 Å². The molecule has 1 N–H and O–H groups in total. The first-order valence-corrected chi connectivity index (χ1v) is 7.08. The Morgan fingerprint density at radius 1 is 1.33 bits per heavy atom. The Morgan fingerprint density at radius 2 is 2.10 bits per heavy atom. The molecular weight excluding hydrogens is 266 g/mol. The van der Waals surface area contributed by atoms with Gasteiger partial charge in [-0.15, -0.1) is 0 Å². The highest BCUT2D eigenvalue weighted by atomic mass is 16.6. The molecule has 5 heteroatoms. The van der Waals surface area contributed by atoms with Gasteiger partial charge in [-0.25, -0.2) is 4.98 Å². The highest BCUT2D eigenvalue weighted by Gasteiger charge is 2.22. The minimum Gasteiger partial charge on any atom is -0.361 e. The highest BCUT2D eigenvalue weighted by Crippen LogP contribution is 2.27. The second-order valence-electron chi connectivity index (χ2n) is 5.49. The monoisotopic (exact) mass is 283 g/mol. The molecule has 0 saturated carbocycles. The second kappa shape index (κ2) is 5.52. The van der Waals surface area contributed by atoms with Crippen LogP contribution in [0.2, 0.25) is 0 Å². The van der Waals surface area contributed by atoms with Crippen LogP contribution in [-0.2, 0) is 12.8 Å². The van der Waals surface area contributed by atoms with Gasteiger partial charge in [0.15, 0.2) is 0 Å². The van der Waals surface area contributed by atoms with Crippen molar-refractivity contribution in [1.29, 1.82) is 0 Å². The van der Waals surface area contributed by atoms with Gasteiger partial charge < -0.3 is 5.32 Å². The Labute approximate surface area is 123 Å². The summed E-state index contributed by atoms with van der Waals surface area (Å²) in [6.07, 6.45) is 4.49. The molecular formula is C16H17N3O2. The van der Waals surface area contributed by atoms with Crippen molar-refractivity contribution in [2.45, 2.75) is 32.2 Å². The van der Waals surface area contributed by atoms with Crippen LogP contribution in [0, 0.1) is 17.0 Å². The van der Waals surface area contributed by atoms with Crippen LogP contribution < -0.4 is 5.32 Å². The van der Waals surface area contributed by atoms with Crippen LogP contribution in [0.3, 0.4) is 0 Å². The van der Waals surface area contributed by atoms with Crippen molar-refractivity contribution in [3.8, 4) is 0 Å². The van der Waals surface area contributed by atoms with Gasteiger partial charge in [-0.05, 0) is 42.9 Å². The molecule has 5 nitrogen and oxygen atoms in total. The van der Waals surface area contributed by atoms with E-state index in [9.17, 15) is 10.1 Å². The number of nitrogens with one attached hydrogen (secondary N) is 1. The molecule has 0 saturated heterocycles. The van der Waals surface area contributed by atoms with Crippen LogP contribution in [-0.4, -0.2) is 15.9 Å². The topological polar surface area (TPSA) is 68.1 Å². The molecule has 2 aromatic rings. The standard InChI is InChI=1S/C16H17N3O2/c1-11-8-15(19(20)21)16(17-10-11)18-14-7-6-12-4-2-3-5-13(12)9-14/h2-5,8,10,14H,6-7,9H2,1H3,(H,17,18). The van der Waals surface area contributed by atoms with Gasteiger partial charge in [-0.2, -0.15) is 0 Å². The van der Waals surface area contributed by atoms with Crippen molar-refractivity contribution < 1.29 is 4.92 Å². The molecule has 1 aliphatic rings. The zero-order valence-corrected chi connectivity index (χ0v) is 11.9. The van der Waals surface area contributed by atoms with E-state index in [0.29, 0.717) is 5.82 Å². The predicted octanol–water partition coefficient (Wildman–Crippen LogP) is 3.27. The first-order valence-electron chi connectivity index (χ1n) is 7.08. The Balaban J connectivity index is 1.81. The third-order valence-corrected chi connectivity index (χ3v) is 3.89. The van der Waals surface area contributed by atoms with E-state index in [0.717, 1.165) is 24.8 Å². The summed E-state index contributed by atoms with van der Waals surface area (Å²) in [6.45, 7) is 1.81. The fraction of sp³-hybridized carbons (Fsp3) is 0.312. The molecule has 1 atom stereocenters. The van der Waals surface area contributed by atoms with E-state index in [4.69, 9.17) is 0 Å². The third-order valence-electron chi connectivity index (χ3n) is 3.89. The summed E-state index contributed by atoms with van der Waals surface area (Å²) in [6, 6.07) is 10.1. The molecule has 1 heterocycles. The molecule has 0 aliphatic heterocycles. The maximum absolute atomic E-state index is 11.1. The van der Waals surface area contributed by atoms with Crippen molar-refractivity contribution in [3.05, 3.63) is 63.3 Å². The average Bonchev–Trinajstić information content (AvgIpc) is 2.49. The molecule has 1 aromatic heterocycles. The number of aromatic nitrogens is 1. The lowest BCUT2D eigenvalue weighted by Crippen LogP contribution is -2.28. The molecule has 1 aliphatic carbocycles. The molecule has 21 heavy (non-hydrogen) atoms. The lowest BCUT2D eigenvalue weighted by atomic mass is 9.88. The Morgan fingerprint density at radius 3 is 2.86 bits per heavy atom. The number of nitrogens with zero attached hydrogens (tertiary/aromatic N) is 2. The molecule has 1 unspecified atom stereocenters. The van der Waals surface area contributed by atoms with Gasteiger partial charge in [0.1, 0.15) is 0 Å². The fourth-order valence-electron chi connectivity index (χ4n) is 2.82. The minimum absolute atomic E-state index is 0.0499. The first kappa shape index (κ1) is 13.5. The number of hydrogen-bond acceptors (Lipinski definition) is 4. The van der Waals surface area contributed by atoms with E-state index < -0.39 is 0 Å². The number of anilines is 1. The summed E-state index contributed by atoms with van der Waals surface area (Å²) in [7, 11) is 0. The van der Waals surface area contributed by atoms with Crippen LogP contribution in [0.1, 0.15) is 23.1 Å². The Bertz CT molecular complexity index is 685. The van der Waals surface area contributed by atoms with E-state index in [1.54, 1.807) is 19.2 Å². The molecule has 0 spiro atoms. The van der Waals surface area contributed by atoms with Gasteiger partial charge in [0.2, 0.25) is 5.82 Å². The maximum atomic E-state index is 11.1. The van der Waals surface area contributed by atoms with Gasteiger partial charge >= 0.3 is 5.69 Å². The summed E-state index contributed by atoms with van der Waals surface area (Å²) >= 11 is 0. The lowest BCUT2D eigenvalue weighted by Gasteiger charge is -2.25. The van der Waals surface area contributed by atoms with Crippen molar-refractivity contribution in [2.24, 2.45) is 0 Å². The van der Waals surface area contributed by atoms with Gasteiger partial charge in [-0.1, -0.05) is 24.3 Å². The fourth-order valence-corrected chi connectivity index (χ4v) is 2.82. The van der Waals surface area contributed by atoms with Crippen LogP contribution in [0.4, 0.5) is 11.5 Å². The molecule has 0 radical (unpaired) electrons. The summed E-state index contributed by atoms with van der Waals surface area (Å²) in [5.41, 5.74) is 3.54. The van der Waals surface area contributed by atoms with Gasteiger partial charge in [0, 0.05) is 18.3 Å². The summed E-state index contributed by atoms with van der Waals surface area (Å²) in [5, 5.41) is 14.4. The summed E-state index contributed by atoms with van der Waals surface area (Å²) < 4.78 is 0. The van der Waals surface area contributed by atoms with Crippen molar-refractivity contribution in [2.75, 3.05) is 5.32 Å². The van der Waals surface area contributed by atoms with Gasteiger partial charge in [-0.3, -0.25) is 10.1 Å². The normalized spacial score (nSPS) is 17.1. The Kier molecular flexibility index (Phi) is 3.56. The lowest BCUT2D eigenvalue weighted by molar-refractivity contribution is -0.384. The minimum atomic E-state index is -0.376. The SMILES string of the molecule is Cc1cnc(NC2CCc3ccccc3C2)c([N+](=O)[O-])c1. The van der Waals surface area contributed by atoms with E-state index in [1.807, 2.05) is 6.07 Å². The second-order valence-corrected chi connectivity index (χ2v) is 5.49. The van der Waals surface area contributed by atoms with Crippen LogP contribution >= 0.6 is 0 Å². The first-order chi connectivity index (χ1) is 10.1. The van der Waals surface area contributed by atoms with Crippen molar-refractivity contribution >= 4 is 11.5 Å². The third kappa shape index (κ3) is 2.86. The number of hydrogen-bond donors (Lipinski definition) is 1. The van der Waals surface area contributed by atoms with Crippen molar-refractivity contribution in [3.63, 3.8) is 0 Å².